The van der Waals surface area contributed by atoms with Crippen LogP contribution in [0.1, 0.15) is 54.0 Å². The third-order valence-corrected chi connectivity index (χ3v) is 5.70. The second kappa shape index (κ2) is 6.81. The Hall–Kier alpha value is -0.470. The number of thioether (sulfide) groups is 1. The SMILES string of the molecule is CNC(CSC1CCCC1)c1c(C)cc(C)cc1C. The first-order chi connectivity index (χ1) is 9.11. The van der Waals surface area contributed by atoms with E-state index in [9.17, 15) is 0 Å². The second-order valence-corrected chi connectivity index (χ2v) is 7.23. The van der Waals surface area contributed by atoms with Gasteiger partial charge >= 0.3 is 0 Å². The molecule has 1 saturated carbocycles. The van der Waals surface area contributed by atoms with Crippen molar-refractivity contribution in [3.8, 4) is 0 Å². The van der Waals surface area contributed by atoms with Gasteiger partial charge in [-0.1, -0.05) is 30.5 Å². The average Bonchev–Trinajstić information content (AvgIpc) is 2.85. The van der Waals surface area contributed by atoms with Gasteiger partial charge in [0.2, 0.25) is 0 Å². The Kier molecular flexibility index (Phi) is 5.35. The van der Waals surface area contributed by atoms with E-state index in [1.807, 2.05) is 0 Å². The predicted octanol–water partition coefficient (Wildman–Crippen LogP) is 4.55. The highest BCUT2D eigenvalue weighted by molar-refractivity contribution is 7.99. The van der Waals surface area contributed by atoms with Crippen LogP contribution in [0, 0.1) is 20.8 Å². The maximum atomic E-state index is 3.52. The van der Waals surface area contributed by atoms with Crippen molar-refractivity contribution in [3.05, 3.63) is 34.4 Å². The van der Waals surface area contributed by atoms with Crippen molar-refractivity contribution < 1.29 is 0 Å². The van der Waals surface area contributed by atoms with Crippen LogP contribution in [0.2, 0.25) is 0 Å². The number of rotatable bonds is 5. The second-order valence-electron chi connectivity index (χ2n) is 5.89. The summed E-state index contributed by atoms with van der Waals surface area (Å²) in [5.74, 6) is 1.20. The van der Waals surface area contributed by atoms with Crippen molar-refractivity contribution in [2.24, 2.45) is 0 Å². The van der Waals surface area contributed by atoms with Gasteiger partial charge in [0.05, 0.1) is 0 Å². The van der Waals surface area contributed by atoms with Gasteiger partial charge in [-0.15, -0.1) is 0 Å². The average molecular weight is 277 g/mol. The van der Waals surface area contributed by atoms with E-state index in [-0.39, 0.29) is 0 Å². The first kappa shape index (κ1) is 14.9. The van der Waals surface area contributed by atoms with Crippen LogP contribution >= 0.6 is 11.8 Å². The summed E-state index contributed by atoms with van der Waals surface area (Å²) in [6.45, 7) is 6.69. The van der Waals surface area contributed by atoms with Gasteiger partial charge < -0.3 is 5.32 Å². The molecule has 1 fully saturated rings. The first-order valence-electron chi connectivity index (χ1n) is 7.48. The van der Waals surface area contributed by atoms with E-state index in [4.69, 9.17) is 0 Å². The van der Waals surface area contributed by atoms with Gasteiger partial charge in [0.1, 0.15) is 0 Å². The molecular formula is C17H27NS. The molecule has 1 aliphatic rings. The van der Waals surface area contributed by atoms with E-state index >= 15 is 0 Å². The number of hydrogen-bond acceptors (Lipinski definition) is 2. The highest BCUT2D eigenvalue weighted by Crippen LogP contribution is 2.33. The van der Waals surface area contributed by atoms with E-state index in [0.29, 0.717) is 6.04 Å². The molecule has 2 rings (SSSR count). The Labute approximate surface area is 122 Å². The summed E-state index contributed by atoms with van der Waals surface area (Å²) < 4.78 is 0. The van der Waals surface area contributed by atoms with Gasteiger partial charge in [-0.05, 0) is 57.4 Å². The fraction of sp³-hybridized carbons (Fsp3) is 0.647. The molecule has 1 aromatic rings. The lowest BCUT2D eigenvalue weighted by atomic mass is 9.95. The van der Waals surface area contributed by atoms with E-state index < -0.39 is 0 Å². The molecule has 1 unspecified atom stereocenters. The van der Waals surface area contributed by atoms with Crippen LogP contribution in [-0.2, 0) is 0 Å². The minimum atomic E-state index is 0.492. The Morgan fingerprint density at radius 2 is 1.74 bits per heavy atom. The molecule has 0 saturated heterocycles. The number of nitrogens with one attached hydrogen (secondary N) is 1. The minimum Gasteiger partial charge on any atom is -0.312 e. The van der Waals surface area contributed by atoms with Crippen molar-refractivity contribution in [3.63, 3.8) is 0 Å². The fourth-order valence-corrected chi connectivity index (χ4v) is 4.80. The molecular weight excluding hydrogens is 250 g/mol. The van der Waals surface area contributed by atoms with E-state index in [2.05, 4.69) is 57.0 Å². The van der Waals surface area contributed by atoms with Gasteiger partial charge in [-0.25, -0.2) is 0 Å². The molecule has 1 aliphatic carbocycles. The number of hydrogen-bond donors (Lipinski definition) is 1. The molecule has 106 valence electrons. The summed E-state index contributed by atoms with van der Waals surface area (Å²) in [6.07, 6.45) is 5.72. The highest BCUT2D eigenvalue weighted by atomic mass is 32.2. The quantitative estimate of drug-likeness (QED) is 0.847. The third kappa shape index (κ3) is 3.76. The standard InChI is InChI=1S/C17H27NS/c1-12-9-13(2)17(14(3)10-12)16(18-4)11-19-15-7-5-6-8-15/h9-10,15-16,18H,5-8,11H2,1-4H3. The number of benzene rings is 1. The zero-order valence-corrected chi connectivity index (χ0v) is 13.6. The normalized spacial score (nSPS) is 17.9. The molecule has 0 heterocycles. The fourth-order valence-electron chi connectivity index (χ4n) is 3.34. The molecule has 1 aromatic carbocycles. The zero-order valence-electron chi connectivity index (χ0n) is 12.8. The molecule has 19 heavy (non-hydrogen) atoms. The summed E-state index contributed by atoms with van der Waals surface area (Å²) in [5, 5.41) is 4.43. The van der Waals surface area contributed by atoms with Gasteiger partial charge in [0, 0.05) is 17.0 Å². The minimum absolute atomic E-state index is 0.492. The molecule has 0 radical (unpaired) electrons. The zero-order chi connectivity index (χ0) is 13.8. The van der Waals surface area contributed by atoms with Crippen LogP contribution < -0.4 is 5.32 Å². The molecule has 2 heteroatoms. The summed E-state index contributed by atoms with van der Waals surface area (Å²) in [4.78, 5) is 0. The Bertz CT molecular complexity index is 398. The van der Waals surface area contributed by atoms with Crippen molar-refractivity contribution >= 4 is 11.8 Å². The Balaban J connectivity index is 2.08. The summed E-state index contributed by atoms with van der Waals surface area (Å²) in [7, 11) is 2.10. The van der Waals surface area contributed by atoms with Gasteiger partial charge in [-0.2, -0.15) is 11.8 Å². The van der Waals surface area contributed by atoms with Crippen LogP contribution in [0.3, 0.4) is 0 Å². The molecule has 1 nitrogen and oxygen atoms in total. The molecule has 1 N–H and O–H groups in total. The third-order valence-electron chi connectivity index (χ3n) is 4.24. The molecule has 0 spiro atoms. The Morgan fingerprint density at radius 3 is 2.26 bits per heavy atom. The maximum Gasteiger partial charge on any atom is 0.0414 e. The lowest BCUT2D eigenvalue weighted by Gasteiger charge is -2.23. The lowest BCUT2D eigenvalue weighted by molar-refractivity contribution is 0.651. The van der Waals surface area contributed by atoms with E-state index in [1.54, 1.807) is 0 Å². The van der Waals surface area contributed by atoms with Gasteiger partial charge in [0.25, 0.3) is 0 Å². The van der Waals surface area contributed by atoms with Crippen LogP contribution in [0.5, 0.6) is 0 Å². The predicted molar refractivity (Wildman–Crippen MR) is 87.2 cm³/mol. The van der Waals surface area contributed by atoms with Crippen LogP contribution in [-0.4, -0.2) is 18.1 Å². The molecule has 0 aromatic heterocycles. The van der Waals surface area contributed by atoms with E-state index in [1.165, 1.54) is 53.7 Å². The monoisotopic (exact) mass is 277 g/mol. The summed E-state index contributed by atoms with van der Waals surface area (Å²) in [5.41, 5.74) is 5.75. The highest BCUT2D eigenvalue weighted by Gasteiger charge is 2.20. The first-order valence-corrected chi connectivity index (χ1v) is 8.53. The lowest BCUT2D eigenvalue weighted by Crippen LogP contribution is -2.22. The number of aryl methyl sites for hydroxylation is 3. The molecule has 0 bridgehead atoms. The summed E-state index contributed by atoms with van der Waals surface area (Å²) >= 11 is 2.17. The maximum absolute atomic E-state index is 3.52. The molecule has 1 atom stereocenters. The van der Waals surface area contributed by atoms with Crippen LogP contribution in [0.25, 0.3) is 0 Å². The van der Waals surface area contributed by atoms with Crippen LogP contribution in [0.15, 0.2) is 12.1 Å². The van der Waals surface area contributed by atoms with Crippen molar-refractivity contribution in [2.75, 3.05) is 12.8 Å². The smallest absolute Gasteiger partial charge is 0.0414 e. The van der Waals surface area contributed by atoms with Gasteiger partial charge in [-0.3, -0.25) is 0 Å². The largest absolute Gasteiger partial charge is 0.312 e. The van der Waals surface area contributed by atoms with E-state index in [0.717, 1.165) is 5.25 Å². The van der Waals surface area contributed by atoms with Crippen molar-refractivity contribution in [1.82, 2.24) is 5.32 Å². The summed E-state index contributed by atoms with van der Waals surface area (Å²) in [6, 6.07) is 5.12. The molecule has 0 aliphatic heterocycles. The van der Waals surface area contributed by atoms with Crippen molar-refractivity contribution in [1.29, 1.82) is 0 Å². The van der Waals surface area contributed by atoms with Crippen LogP contribution in [0.4, 0.5) is 0 Å². The van der Waals surface area contributed by atoms with Gasteiger partial charge in [0.15, 0.2) is 0 Å². The topological polar surface area (TPSA) is 12.0 Å². The van der Waals surface area contributed by atoms with Crippen molar-refractivity contribution in [2.45, 2.75) is 57.7 Å². The molecule has 0 amide bonds. The Morgan fingerprint density at radius 1 is 1.16 bits per heavy atom.